The van der Waals surface area contributed by atoms with E-state index < -0.39 is 5.91 Å². The molecule has 0 saturated heterocycles. The molecule has 1 aromatic carbocycles. The summed E-state index contributed by atoms with van der Waals surface area (Å²) >= 11 is 0. The number of benzene rings is 1. The second-order valence-corrected chi connectivity index (χ2v) is 6.97. The Morgan fingerprint density at radius 3 is 2.66 bits per heavy atom. The highest BCUT2D eigenvalue weighted by Gasteiger charge is 2.24. The van der Waals surface area contributed by atoms with Crippen LogP contribution in [0, 0.1) is 0 Å². The minimum absolute atomic E-state index is 0.00252. The number of hydrogen-bond acceptors (Lipinski definition) is 7. The molecule has 0 atom stereocenters. The van der Waals surface area contributed by atoms with E-state index in [1.54, 1.807) is 22.8 Å². The molecule has 9 nitrogen and oxygen atoms in total. The summed E-state index contributed by atoms with van der Waals surface area (Å²) in [5, 5.41) is 29.6. The molecule has 0 aliphatic heterocycles. The van der Waals surface area contributed by atoms with Gasteiger partial charge >= 0.3 is 0 Å². The van der Waals surface area contributed by atoms with E-state index in [1.165, 1.54) is 25.8 Å². The van der Waals surface area contributed by atoms with Crippen molar-refractivity contribution in [1.82, 2.24) is 14.5 Å². The quantitative estimate of drug-likeness (QED) is 0.636. The van der Waals surface area contributed by atoms with E-state index in [9.17, 15) is 15.0 Å². The lowest BCUT2D eigenvalue weighted by molar-refractivity contribution is 0.0995. The number of rotatable bonds is 4. The Hall–Kier alpha value is -3.49. The minimum atomic E-state index is -0.609. The first-order valence-corrected chi connectivity index (χ1v) is 9.47. The van der Waals surface area contributed by atoms with Crippen molar-refractivity contribution in [3.8, 4) is 17.6 Å². The summed E-state index contributed by atoms with van der Waals surface area (Å²) in [4.78, 5) is 20.3. The lowest BCUT2D eigenvalue weighted by Gasteiger charge is -2.24. The Labute approximate surface area is 166 Å². The average Bonchev–Trinajstić information content (AvgIpc) is 3.02. The molecule has 1 amide bonds. The van der Waals surface area contributed by atoms with Gasteiger partial charge in [-0.1, -0.05) is 19.3 Å². The molecule has 2 heterocycles. The smallest absolute Gasteiger partial charge is 0.295 e. The zero-order chi connectivity index (χ0) is 20.4. The van der Waals surface area contributed by atoms with Crippen LogP contribution in [0.2, 0.25) is 0 Å². The third kappa shape index (κ3) is 3.63. The highest BCUT2D eigenvalue weighted by molar-refractivity contribution is 6.02. The van der Waals surface area contributed by atoms with Crippen LogP contribution in [0.5, 0.6) is 17.6 Å². The van der Waals surface area contributed by atoms with Gasteiger partial charge < -0.3 is 14.9 Å². The maximum atomic E-state index is 12.4. The second kappa shape index (κ2) is 7.86. The third-order valence-electron chi connectivity index (χ3n) is 5.20. The molecule has 0 spiro atoms. The molecule has 29 heavy (non-hydrogen) atoms. The van der Waals surface area contributed by atoms with Crippen molar-refractivity contribution in [1.29, 1.82) is 0 Å². The van der Waals surface area contributed by atoms with Gasteiger partial charge in [0.05, 0.1) is 7.11 Å². The molecule has 0 radical (unpaired) electrons. The van der Waals surface area contributed by atoms with Gasteiger partial charge in [0.25, 0.3) is 11.9 Å². The van der Waals surface area contributed by atoms with Crippen LogP contribution in [-0.4, -0.2) is 37.8 Å². The Morgan fingerprint density at radius 1 is 1.14 bits per heavy atom. The zero-order valence-corrected chi connectivity index (χ0v) is 15.9. The van der Waals surface area contributed by atoms with Crippen molar-refractivity contribution in [3.63, 3.8) is 0 Å². The molecule has 4 rings (SSSR count). The van der Waals surface area contributed by atoms with E-state index in [0.29, 0.717) is 16.7 Å². The van der Waals surface area contributed by atoms with Gasteiger partial charge in [0.2, 0.25) is 17.6 Å². The molecule has 2 aromatic heterocycles. The molecule has 0 unspecified atom stereocenters. The maximum absolute atomic E-state index is 12.4. The van der Waals surface area contributed by atoms with Crippen LogP contribution in [-0.2, 0) is 0 Å². The van der Waals surface area contributed by atoms with Gasteiger partial charge in [-0.3, -0.25) is 9.36 Å². The van der Waals surface area contributed by atoms with E-state index in [0.717, 1.165) is 25.7 Å². The molecule has 1 aliphatic carbocycles. The largest absolute Gasteiger partial charge is 0.494 e. The first kappa shape index (κ1) is 18.9. The number of methoxy groups -OCH3 is 1. The van der Waals surface area contributed by atoms with Crippen LogP contribution in [0.25, 0.3) is 10.8 Å². The van der Waals surface area contributed by atoms with E-state index in [2.05, 4.69) is 20.2 Å². The summed E-state index contributed by atoms with van der Waals surface area (Å²) in [5.74, 6) is -0.306. The number of carbonyl (C=O) groups is 1. The summed E-state index contributed by atoms with van der Waals surface area (Å²) in [6, 6.07) is 6.27. The molecule has 1 fully saturated rings. The normalized spacial score (nSPS) is 15.2. The number of fused-ring (bicyclic) bond motifs is 1. The number of azo groups is 1. The van der Waals surface area contributed by atoms with Gasteiger partial charge in [0.1, 0.15) is 0 Å². The van der Waals surface area contributed by atoms with Gasteiger partial charge in [0, 0.05) is 34.6 Å². The standard InChI is InChI=1S/C20H21N5O4/c1-29-16-9-10-21-20(22-16)24-23-17(26)12-7-8-14-15(11-12)19(28)25(18(14)27)13-5-3-2-4-6-13/h7-11,13,27-28H,2-6H2,1H3. The highest BCUT2D eigenvalue weighted by atomic mass is 16.5. The predicted molar refractivity (Wildman–Crippen MR) is 105 cm³/mol. The van der Waals surface area contributed by atoms with Crippen LogP contribution in [0.1, 0.15) is 48.5 Å². The Kier molecular flexibility index (Phi) is 5.11. The van der Waals surface area contributed by atoms with E-state index in [4.69, 9.17) is 4.74 Å². The number of amides is 1. The maximum Gasteiger partial charge on any atom is 0.295 e. The summed E-state index contributed by atoms with van der Waals surface area (Å²) in [5.41, 5.74) is 0.236. The van der Waals surface area contributed by atoms with Crippen molar-refractivity contribution >= 4 is 22.6 Å². The second-order valence-electron chi connectivity index (χ2n) is 6.97. The zero-order valence-electron chi connectivity index (χ0n) is 15.9. The van der Waals surface area contributed by atoms with E-state index in [-0.39, 0.29) is 29.3 Å². The van der Waals surface area contributed by atoms with Gasteiger partial charge in [-0.15, -0.1) is 10.2 Å². The first-order valence-electron chi connectivity index (χ1n) is 9.47. The third-order valence-corrected chi connectivity index (χ3v) is 5.20. The van der Waals surface area contributed by atoms with Crippen molar-refractivity contribution in [2.75, 3.05) is 7.11 Å². The summed E-state index contributed by atoms with van der Waals surface area (Å²) in [7, 11) is 1.46. The molecule has 2 N–H and O–H groups in total. The van der Waals surface area contributed by atoms with Crippen LogP contribution >= 0.6 is 0 Å². The highest BCUT2D eigenvalue weighted by Crippen LogP contribution is 2.43. The van der Waals surface area contributed by atoms with Gasteiger partial charge in [-0.05, 0) is 31.0 Å². The average molecular weight is 395 g/mol. The fourth-order valence-corrected chi connectivity index (χ4v) is 3.74. The predicted octanol–water partition coefficient (Wildman–Crippen LogP) is 4.28. The fourth-order valence-electron chi connectivity index (χ4n) is 3.74. The van der Waals surface area contributed by atoms with Crippen LogP contribution in [0.15, 0.2) is 40.7 Å². The van der Waals surface area contributed by atoms with Crippen molar-refractivity contribution < 1.29 is 19.7 Å². The number of aromatic nitrogens is 3. The van der Waals surface area contributed by atoms with E-state index >= 15 is 0 Å². The Morgan fingerprint density at radius 2 is 1.90 bits per heavy atom. The number of carbonyl (C=O) groups excluding carboxylic acids is 1. The topological polar surface area (TPSA) is 122 Å². The fraction of sp³-hybridized carbons (Fsp3) is 0.350. The molecule has 0 bridgehead atoms. The monoisotopic (exact) mass is 395 g/mol. The molecule has 1 saturated carbocycles. The molecular formula is C20H21N5O4. The number of ether oxygens (including phenoxy) is 1. The summed E-state index contributed by atoms with van der Waals surface area (Å²) < 4.78 is 6.55. The molecule has 1 aliphatic rings. The molecule has 150 valence electrons. The lowest BCUT2D eigenvalue weighted by Crippen LogP contribution is -2.11. The number of nitrogens with zero attached hydrogens (tertiary/aromatic N) is 5. The molecule has 9 heteroatoms. The van der Waals surface area contributed by atoms with E-state index in [1.807, 2.05) is 0 Å². The Bertz CT molecular complexity index is 1090. The van der Waals surface area contributed by atoms with Crippen LogP contribution in [0.4, 0.5) is 5.95 Å². The summed E-state index contributed by atoms with van der Waals surface area (Å²) in [6.45, 7) is 0. The van der Waals surface area contributed by atoms with Crippen molar-refractivity contribution in [3.05, 3.63) is 36.0 Å². The molecule has 3 aromatic rings. The SMILES string of the molecule is COc1ccnc(N=NC(=O)c2ccc3c(O)n(C4CCCCC4)c(O)c3c2)n1. The van der Waals surface area contributed by atoms with Gasteiger partial charge in [0.15, 0.2) is 0 Å². The summed E-state index contributed by atoms with van der Waals surface area (Å²) in [6.07, 6.45) is 6.55. The number of aromatic hydroxyl groups is 2. The van der Waals surface area contributed by atoms with Gasteiger partial charge in [-0.25, -0.2) is 4.98 Å². The van der Waals surface area contributed by atoms with Crippen LogP contribution in [0.3, 0.4) is 0 Å². The first-order chi connectivity index (χ1) is 14.1. The molecular weight excluding hydrogens is 374 g/mol. The van der Waals surface area contributed by atoms with Crippen molar-refractivity contribution in [2.45, 2.75) is 38.1 Å². The van der Waals surface area contributed by atoms with Crippen LogP contribution < -0.4 is 4.74 Å². The Balaban J connectivity index is 1.63. The minimum Gasteiger partial charge on any atom is -0.494 e. The van der Waals surface area contributed by atoms with Gasteiger partial charge in [-0.2, -0.15) is 4.98 Å². The van der Waals surface area contributed by atoms with Crippen molar-refractivity contribution in [2.24, 2.45) is 10.2 Å². The number of hydrogen-bond donors (Lipinski definition) is 2. The lowest BCUT2D eigenvalue weighted by atomic mass is 9.95.